The maximum Gasteiger partial charge on any atom is 0.231 e. The van der Waals surface area contributed by atoms with E-state index in [1.54, 1.807) is 6.07 Å². The average molecular weight is 532 g/mol. The van der Waals surface area contributed by atoms with Crippen LogP contribution in [0.25, 0.3) is 0 Å². The number of carbonyl (C=O) groups is 1. The first-order chi connectivity index (χ1) is 16.4. The van der Waals surface area contributed by atoms with E-state index in [1.807, 2.05) is 11.0 Å². The van der Waals surface area contributed by atoms with E-state index in [0.717, 1.165) is 23.6 Å². The van der Waals surface area contributed by atoms with Crippen LogP contribution in [0.1, 0.15) is 60.9 Å². The fourth-order valence-electron chi connectivity index (χ4n) is 5.14. The smallest absolute Gasteiger partial charge is 0.231 e. The minimum absolute atomic E-state index is 0.0291. The molecule has 1 saturated carbocycles. The lowest BCUT2D eigenvalue weighted by Crippen LogP contribution is -2.51. The Hall–Kier alpha value is -2.10. The summed E-state index contributed by atoms with van der Waals surface area (Å²) in [5.41, 5.74) is 2.46. The lowest BCUT2D eigenvalue weighted by Gasteiger charge is -2.38. The van der Waals surface area contributed by atoms with Crippen LogP contribution in [0.3, 0.4) is 0 Å². The van der Waals surface area contributed by atoms with E-state index >= 15 is 0 Å². The molecule has 7 nitrogen and oxygen atoms in total. The summed E-state index contributed by atoms with van der Waals surface area (Å²) in [4.78, 5) is 26.5. The molecular formula is C25H31BrFN5O2. The summed E-state index contributed by atoms with van der Waals surface area (Å²) in [7, 11) is 0. The lowest BCUT2D eigenvalue weighted by atomic mass is 9.96. The molecule has 2 aliphatic carbocycles. The van der Waals surface area contributed by atoms with Gasteiger partial charge < -0.3 is 20.2 Å². The van der Waals surface area contributed by atoms with Crippen LogP contribution in [0.5, 0.6) is 0 Å². The van der Waals surface area contributed by atoms with Crippen LogP contribution < -0.4 is 10.2 Å². The van der Waals surface area contributed by atoms with Crippen LogP contribution >= 0.6 is 15.9 Å². The van der Waals surface area contributed by atoms with E-state index in [0.29, 0.717) is 55.1 Å². The van der Waals surface area contributed by atoms with Gasteiger partial charge in [-0.05, 0) is 71.3 Å². The van der Waals surface area contributed by atoms with Crippen LogP contribution in [0.2, 0.25) is 0 Å². The van der Waals surface area contributed by atoms with Crippen molar-refractivity contribution in [3.8, 4) is 0 Å². The molecule has 0 spiro atoms. The lowest BCUT2D eigenvalue weighted by molar-refractivity contribution is -0.133. The number of amides is 1. The second-order valence-electron chi connectivity index (χ2n) is 9.79. The highest BCUT2D eigenvalue weighted by molar-refractivity contribution is 9.10. The van der Waals surface area contributed by atoms with E-state index in [2.05, 4.69) is 43.0 Å². The van der Waals surface area contributed by atoms with Crippen molar-refractivity contribution in [2.24, 2.45) is 5.92 Å². The summed E-state index contributed by atoms with van der Waals surface area (Å²) >= 11 is 3.21. The van der Waals surface area contributed by atoms with Crippen LogP contribution in [0.15, 0.2) is 29.0 Å². The zero-order chi connectivity index (χ0) is 23.8. The van der Waals surface area contributed by atoms with Gasteiger partial charge in [-0.25, -0.2) is 14.4 Å². The summed E-state index contributed by atoms with van der Waals surface area (Å²) in [5.74, 6) is 1.04. The molecule has 1 saturated heterocycles. The minimum atomic E-state index is -0.537. The van der Waals surface area contributed by atoms with Crippen molar-refractivity contribution in [2.75, 3.05) is 44.2 Å². The molecular weight excluding hydrogens is 501 g/mol. The molecule has 2 aromatic rings. The molecule has 3 atom stereocenters. The monoisotopic (exact) mass is 531 g/mol. The fraction of sp³-hybridized carbons (Fsp3) is 0.560. The Morgan fingerprint density at radius 1 is 1.26 bits per heavy atom. The molecule has 0 radical (unpaired) electrons. The fourth-order valence-corrected chi connectivity index (χ4v) is 5.39. The van der Waals surface area contributed by atoms with E-state index in [1.165, 1.54) is 25.2 Å². The number of hydrogen-bond acceptors (Lipinski definition) is 6. The number of benzene rings is 1. The van der Waals surface area contributed by atoms with Gasteiger partial charge in [-0.1, -0.05) is 13.0 Å². The summed E-state index contributed by atoms with van der Waals surface area (Å²) in [6, 6.07) is 4.98. The second kappa shape index (κ2) is 9.87. The van der Waals surface area contributed by atoms with Crippen molar-refractivity contribution < 1.29 is 14.3 Å². The molecule has 1 aliphatic heterocycles. The average Bonchev–Trinajstić information content (AvgIpc) is 3.62. The Labute approximate surface area is 207 Å². The van der Waals surface area contributed by atoms with Crippen LogP contribution in [0.4, 0.5) is 10.2 Å². The van der Waals surface area contributed by atoms with Gasteiger partial charge in [0.25, 0.3) is 0 Å². The number of carbonyl (C=O) groups excluding carboxylic acids is 1. The zero-order valence-electron chi connectivity index (χ0n) is 19.4. The topological polar surface area (TPSA) is 81.6 Å². The van der Waals surface area contributed by atoms with Crippen LogP contribution in [-0.4, -0.2) is 65.2 Å². The van der Waals surface area contributed by atoms with Gasteiger partial charge in [0, 0.05) is 38.3 Å². The van der Waals surface area contributed by atoms with Crippen molar-refractivity contribution in [3.05, 3.63) is 51.6 Å². The van der Waals surface area contributed by atoms with Crippen molar-refractivity contribution in [3.63, 3.8) is 0 Å². The van der Waals surface area contributed by atoms with Crippen molar-refractivity contribution >= 4 is 27.7 Å². The highest BCUT2D eigenvalue weighted by atomic mass is 79.9. The van der Waals surface area contributed by atoms with Crippen molar-refractivity contribution in [2.45, 2.75) is 44.1 Å². The number of aliphatic hydroxyl groups is 1. The van der Waals surface area contributed by atoms with E-state index in [4.69, 9.17) is 0 Å². The van der Waals surface area contributed by atoms with Gasteiger partial charge in [-0.2, -0.15) is 0 Å². The van der Waals surface area contributed by atoms with Gasteiger partial charge in [0.15, 0.2) is 0 Å². The van der Waals surface area contributed by atoms with Gasteiger partial charge in [0.1, 0.15) is 18.0 Å². The first-order valence-electron chi connectivity index (χ1n) is 12.1. The zero-order valence-corrected chi connectivity index (χ0v) is 21.0. The number of halogens is 2. The molecule has 2 N–H and O–H groups in total. The summed E-state index contributed by atoms with van der Waals surface area (Å²) in [5, 5.41) is 13.7. The van der Waals surface area contributed by atoms with Gasteiger partial charge in [0.2, 0.25) is 5.91 Å². The Morgan fingerprint density at radius 2 is 2.03 bits per heavy atom. The van der Waals surface area contributed by atoms with Gasteiger partial charge in [0.05, 0.1) is 22.2 Å². The molecule has 5 rings (SSSR count). The number of nitrogens with one attached hydrogen (secondary N) is 1. The summed E-state index contributed by atoms with van der Waals surface area (Å²) in [6.45, 7) is 5.98. The van der Waals surface area contributed by atoms with Crippen LogP contribution in [-0.2, 0) is 4.79 Å². The number of fused-ring (bicyclic) bond motifs is 1. The number of anilines is 1. The van der Waals surface area contributed by atoms with Crippen molar-refractivity contribution in [1.82, 2.24) is 20.2 Å². The molecule has 34 heavy (non-hydrogen) atoms. The molecule has 0 bridgehead atoms. The first kappa shape index (κ1) is 23.6. The third-order valence-corrected chi connectivity index (χ3v) is 7.94. The van der Waals surface area contributed by atoms with E-state index in [-0.39, 0.29) is 17.6 Å². The molecule has 1 aromatic heterocycles. The molecule has 9 heteroatoms. The maximum atomic E-state index is 14.3. The van der Waals surface area contributed by atoms with Crippen LogP contribution in [0, 0.1) is 11.7 Å². The minimum Gasteiger partial charge on any atom is -0.387 e. The largest absolute Gasteiger partial charge is 0.387 e. The number of rotatable bonds is 7. The molecule has 2 heterocycles. The van der Waals surface area contributed by atoms with Gasteiger partial charge >= 0.3 is 0 Å². The van der Waals surface area contributed by atoms with Gasteiger partial charge in [-0.3, -0.25) is 4.79 Å². The third kappa shape index (κ3) is 4.83. The van der Waals surface area contributed by atoms with Gasteiger partial charge in [-0.15, -0.1) is 0 Å². The number of aliphatic hydroxyl groups excluding tert-OH is 1. The summed E-state index contributed by atoms with van der Waals surface area (Å²) in [6.07, 6.45) is 4.13. The molecule has 3 aliphatic rings. The van der Waals surface area contributed by atoms with E-state index in [9.17, 15) is 14.3 Å². The molecule has 2 fully saturated rings. The standard InChI is InChI=1S/C25H31BrFN5O2/c1-15-10-21(33)23-22(15)24(30-14-29-23)31-6-8-32(9-7-31)25(34)18(13-28-12-16-2-3-16)17-4-5-19(26)20(27)11-17/h4-5,11,14-16,18,21,28,33H,2-3,6-10,12-13H2,1H3/t15-,18?,21-/m1/s1. The predicted octanol–water partition coefficient (Wildman–Crippen LogP) is 3.35. The Balaban J connectivity index is 1.28. The Bertz CT molecular complexity index is 1060. The number of aromatic nitrogens is 2. The Kier molecular flexibility index (Phi) is 6.86. The molecule has 1 unspecified atom stereocenters. The van der Waals surface area contributed by atoms with E-state index < -0.39 is 12.0 Å². The first-order valence-corrected chi connectivity index (χ1v) is 12.9. The molecule has 1 aromatic carbocycles. The third-order valence-electron chi connectivity index (χ3n) is 7.29. The second-order valence-corrected chi connectivity index (χ2v) is 10.6. The summed E-state index contributed by atoms with van der Waals surface area (Å²) < 4.78 is 14.7. The highest BCUT2D eigenvalue weighted by Gasteiger charge is 2.35. The van der Waals surface area contributed by atoms with Crippen molar-refractivity contribution in [1.29, 1.82) is 0 Å². The number of piperazine rings is 1. The highest BCUT2D eigenvalue weighted by Crippen LogP contribution is 2.42. The normalized spacial score (nSPS) is 23.2. The SMILES string of the molecule is C[C@@H]1C[C@@H](O)c2ncnc(N3CCN(C(=O)C(CNCC4CC4)c4ccc(Br)c(F)c4)CC3)c21. The predicted molar refractivity (Wildman–Crippen MR) is 131 cm³/mol. The number of nitrogens with zero attached hydrogens (tertiary/aromatic N) is 4. The Morgan fingerprint density at radius 3 is 2.74 bits per heavy atom. The maximum absolute atomic E-state index is 14.3. The quantitative estimate of drug-likeness (QED) is 0.570. The molecule has 1 amide bonds. The molecule has 182 valence electrons. The number of hydrogen-bond donors (Lipinski definition) is 2.